The number of nitrogens with one attached hydrogen (secondary N) is 1. The highest BCUT2D eigenvalue weighted by Crippen LogP contribution is 2.42. The van der Waals surface area contributed by atoms with Crippen molar-refractivity contribution < 1.29 is 0 Å². The van der Waals surface area contributed by atoms with Crippen LogP contribution in [-0.2, 0) is 0 Å². The second-order valence-electron chi connectivity index (χ2n) is 6.83. The van der Waals surface area contributed by atoms with Gasteiger partial charge in [0, 0.05) is 17.5 Å². The first-order valence-electron chi connectivity index (χ1n) is 7.89. The third-order valence-corrected chi connectivity index (χ3v) is 5.16. The van der Waals surface area contributed by atoms with Crippen LogP contribution in [-0.4, -0.2) is 6.54 Å². The second-order valence-corrected chi connectivity index (χ2v) is 7.81. The summed E-state index contributed by atoms with van der Waals surface area (Å²) in [4.78, 5) is 1.53. The topological polar surface area (TPSA) is 12.0 Å². The quantitative estimate of drug-likeness (QED) is 0.597. The summed E-state index contributed by atoms with van der Waals surface area (Å²) >= 11 is 1.91. The van der Waals surface area contributed by atoms with Crippen LogP contribution in [0.4, 0.5) is 0 Å². The van der Waals surface area contributed by atoms with Gasteiger partial charge in [0.05, 0.1) is 0 Å². The van der Waals surface area contributed by atoms with Crippen LogP contribution in [0.15, 0.2) is 17.5 Å². The first-order chi connectivity index (χ1) is 9.12. The van der Waals surface area contributed by atoms with Gasteiger partial charge in [0.15, 0.2) is 0 Å². The third-order valence-electron chi connectivity index (χ3n) is 4.20. The normalized spacial score (nSPS) is 17.6. The van der Waals surface area contributed by atoms with Crippen molar-refractivity contribution in [2.45, 2.75) is 65.3 Å². The van der Waals surface area contributed by atoms with Crippen molar-refractivity contribution in [1.29, 1.82) is 0 Å². The predicted octanol–water partition coefficient (Wildman–Crippen LogP) is 5.40. The molecule has 0 bridgehead atoms. The van der Waals surface area contributed by atoms with Crippen LogP contribution in [0, 0.1) is 11.3 Å². The molecule has 1 unspecified atom stereocenters. The summed E-state index contributed by atoms with van der Waals surface area (Å²) in [5.41, 5.74) is 0.430. The van der Waals surface area contributed by atoms with Gasteiger partial charge >= 0.3 is 0 Å². The highest BCUT2D eigenvalue weighted by Gasteiger charge is 2.33. The van der Waals surface area contributed by atoms with Gasteiger partial charge in [-0.15, -0.1) is 11.3 Å². The molecule has 1 N–H and O–H groups in total. The molecule has 1 aromatic rings. The van der Waals surface area contributed by atoms with Gasteiger partial charge in [-0.3, -0.25) is 0 Å². The molecular weight excluding hydrogens is 250 g/mol. The Hall–Kier alpha value is -0.340. The molecule has 19 heavy (non-hydrogen) atoms. The predicted molar refractivity (Wildman–Crippen MR) is 85.7 cm³/mol. The van der Waals surface area contributed by atoms with E-state index >= 15 is 0 Å². The summed E-state index contributed by atoms with van der Waals surface area (Å²) < 4.78 is 0. The number of hydrogen-bond donors (Lipinski definition) is 1. The number of hydrogen-bond acceptors (Lipinski definition) is 2. The fraction of sp³-hybridized carbons (Fsp3) is 0.765. The Morgan fingerprint density at radius 3 is 2.74 bits per heavy atom. The van der Waals surface area contributed by atoms with Crippen molar-refractivity contribution in [1.82, 2.24) is 5.32 Å². The zero-order valence-electron chi connectivity index (χ0n) is 12.7. The lowest BCUT2D eigenvalue weighted by molar-refractivity contribution is 0.281. The monoisotopic (exact) mass is 279 g/mol. The Morgan fingerprint density at radius 2 is 2.16 bits per heavy atom. The molecule has 1 aliphatic carbocycles. The van der Waals surface area contributed by atoms with E-state index < -0.39 is 0 Å². The van der Waals surface area contributed by atoms with Crippen LogP contribution in [0.2, 0.25) is 0 Å². The molecule has 108 valence electrons. The summed E-state index contributed by atoms with van der Waals surface area (Å²) in [5, 5.41) is 6.07. The van der Waals surface area contributed by atoms with Gasteiger partial charge in [-0.05, 0) is 42.0 Å². The zero-order valence-corrected chi connectivity index (χ0v) is 13.6. The lowest BCUT2D eigenvalue weighted by Crippen LogP contribution is -2.33. The van der Waals surface area contributed by atoms with Crippen molar-refractivity contribution >= 4 is 11.3 Å². The summed E-state index contributed by atoms with van der Waals surface area (Å²) in [7, 11) is 0. The highest BCUT2D eigenvalue weighted by atomic mass is 32.1. The largest absolute Gasteiger partial charge is 0.308 e. The van der Waals surface area contributed by atoms with Crippen molar-refractivity contribution in [2.75, 3.05) is 6.54 Å². The summed E-state index contributed by atoms with van der Waals surface area (Å²) in [6, 6.07) is 5.10. The minimum absolute atomic E-state index is 0.430. The molecule has 0 aliphatic heterocycles. The van der Waals surface area contributed by atoms with Crippen LogP contribution in [0.1, 0.15) is 70.2 Å². The third kappa shape index (κ3) is 4.92. The zero-order chi connectivity index (χ0) is 13.7. The van der Waals surface area contributed by atoms with Crippen LogP contribution < -0.4 is 5.32 Å². The van der Waals surface area contributed by atoms with Crippen LogP contribution in [0.3, 0.4) is 0 Å². The molecule has 0 saturated heterocycles. The molecule has 1 aromatic heterocycles. The minimum Gasteiger partial charge on any atom is -0.308 e. The molecule has 0 amide bonds. The van der Waals surface area contributed by atoms with E-state index in [1.807, 2.05) is 11.3 Å². The minimum atomic E-state index is 0.430. The first-order valence-corrected chi connectivity index (χ1v) is 8.77. The molecule has 0 spiro atoms. The molecule has 2 heteroatoms. The highest BCUT2D eigenvalue weighted by molar-refractivity contribution is 7.10. The van der Waals surface area contributed by atoms with Gasteiger partial charge < -0.3 is 5.32 Å². The molecule has 1 atom stereocenters. The van der Waals surface area contributed by atoms with E-state index in [9.17, 15) is 0 Å². The standard InChI is InChI=1S/C17H29NS/c1-4-5-6-11-17(2,3)13-18-16(14-9-10-14)15-8-7-12-19-15/h7-8,12,14,16,18H,4-6,9-11,13H2,1-3H3. The van der Waals surface area contributed by atoms with E-state index in [-0.39, 0.29) is 0 Å². The Bertz CT molecular complexity index is 351. The molecule has 1 saturated carbocycles. The lowest BCUT2D eigenvalue weighted by atomic mass is 9.86. The fourth-order valence-electron chi connectivity index (χ4n) is 2.73. The SMILES string of the molecule is CCCCCC(C)(C)CNC(c1cccs1)C1CC1. The second kappa shape index (κ2) is 6.90. The summed E-state index contributed by atoms with van der Waals surface area (Å²) in [5.74, 6) is 0.894. The van der Waals surface area contributed by atoms with E-state index in [4.69, 9.17) is 0 Å². The van der Waals surface area contributed by atoms with Gasteiger partial charge in [0.2, 0.25) is 0 Å². The first kappa shape index (κ1) is 15.1. The van der Waals surface area contributed by atoms with Crippen LogP contribution in [0.5, 0.6) is 0 Å². The van der Waals surface area contributed by atoms with Crippen molar-refractivity contribution in [3.63, 3.8) is 0 Å². The maximum absolute atomic E-state index is 3.86. The fourth-order valence-corrected chi connectivity index (χ4v) is 3.62. The van der Waals surface area contributed by atoms with E-state index in [0.29, 0.717) is 11.5 Å². The molecule has 1 aliphatic rings. The smallest absolute Gasteiger partial charge is 0.0443 e. The van der Waals surface area contributed by atoms with E-state index in [0.717, 1.165) is 12.5 Å². The van der Waals surface area contributed by atoms with Gasteiger partial charge in [-0.2, -0.15) is 0 Å². The Kier molecular flexibility index (Phi) is 5.47. The maximum Gasteiger partial charge on any atom is 0.0443 e. The average Bonchev–Trinajstić information content (AvgIpc) is 3.05. The maximum atomic E-state index is 3.86. The number of thiophene rings is 1. The molecule has 1 heterocycles. The average molecular weight is 279 g/mol. The van der Waals surface area contributed by atoms with E-state index in [1.165, 1.54) is 43.4 Å². The molecule has 1 fully saturated rings. The molecule has 0 radical (unpaired) electrons. The Morgan fingerprint density at radius 1 is 1.37 bits per heavy atom. The van der Waals surface area contributed by atoms with Crippen LogP contribution in [0.25, 0.3) is 0 Å². The van der Waals surface area contributed by atoms with E-state index in [1.54, 1.807) is 0 Å². The van der Waals surface area contributed by atoms with Gasteiger partial charge in [-0.1, -0.05) is 46.1 Å². The van der Waals surface area contributed by atoms with Gasteiger partial charge in [0.1, 0.15) is 0 Å². The number of unbranched alkanes of at least 4 members (excludes halogenated alkanes) is 2. The van der Waals surface area contributed by atoms with Gasteiger partial charge in [-0.25, -0.2) is 0 Å². The lowest BCUT2D eigenvalue weighted by Gasteiger charge is -2.28. The molecular formula is C17H29NS. The van der Waals surface area contributed by atoms with Gasteiger partial charge in [0.25, 0.3) is 0 Å². The Balaban J connectivity index is 1.81. The summed E-state index contributed by atoms with van der Waals surface area (Å²) in [6.45, 7) is 8.25. The molecule has 0 aromatic carbocycles. The Labute approximate surface area is 122 Å². The summed E-state index contributed by atoms with van der Waals surface area (Å²) in [6.07, 6.45) is 8.23. The van der Waals surface area contributed by atoms with Crippen molar-refractivity contribution in [3.05, 3.63) is 22.4 Å². The van der Waals surface area contributed by atoms with E-state index in [2.05, 4.69) is 43.6 Å². The van der Waals surface area contributed by atoms with Crippen LogP contribution >= 0.6 is 11.3 Å². The molecule has 2 rings (SSSR count). The molecule has 1 nitrogen and oxygen atoms in total. The van der Waals surface area contributed by atoms with Crippen molar-refractivity contribution in [3.8, 4) is 0 Å². The van der Waals surface area contributed by atoms with Crippen molar-refractivity contribution in [2.24, 2.45) is 11.3 Å². The number of rotatable bonds is 9.